The number of carbonyl (C=O) groups is 1. The van der Waals surface area contributed by atoms with Crippen LogP contribution in [0.1, 0.15) is 21.2 Å². The van der Waals surface area contributed by atoms with Crippen LogP contribution in [0.4, 0.5) is 17.6 Å². The monoisotopic (exact) mass is 345 g/mol. The van der Waals surface area contributed by atoms with Crippen molar-refractivity contribution in [2.45, 2.75) is 12.7 Å². The third kappa shape index (κ3) is 2.99. The standard InChI is InChI=1S/C12H7F4N5OS/c13-7-4-2-1-3-6(7)9(22)17-5-8-20-21-10(12(14,15)16)18-19-11(21)23-8/h1-4H,5H2,(H,17,22). The molecule has 0 saturated carbocycles. The van der Waals surface area contributed by atoms with Crippen molar-refractivity contribution in [1.29, 1.82) is 0 Å². The number of alkyl halides is 3. The topological polar surface area (TPSA) is 72.2 Å². The van der Waals surface area contributed by atoms with Crippen molar-refractivity contribution >= 4 is 22.2 Å². The smallest absolute Gasteiger partial charge is 0.345 e. The number of hydrogen-bond donors (Lipinski definition) is 1. The van der Waals surface area contributed by atoms with Crippen LogP contribution in [-0.4, -0.2) is 25.7 Å². The number of halogens is 4. The average molecular weight is 345 g/mol. The summed E-state index contributed by atoms with van der Waals surface area (Å²) in [5.41, 5.74) is -0.161. The highest BCUT2D eigenvalue weighted by atomic mass is 32.1. The molecule has 0 aliphatic rings. The maximum atomic E-state index is 13.4. The van der Waals surface area contributed by atoms with E-state index in [9.17, 15) is 22.4 Å². The third-order valence-corrected chi connectivity index (χ3v) is 3.70. The number of amides is 1. The highest BCUT2D eigenvalue weighted by molar-refractivity contribution is 7.16. The van der Waals surface area contributed by atoms with Gasteiger partial charge in [-0.2, -0.15) is 22.8 Å². The van der Waals surface area contributed by atoms with Crippen molar-refractivity contribution in [3.05, 3.63) is 46.5 Å². The molecular weight excluding hydrogens is 338 g/mol. The summed E-state index contributed by atoms with van der Waals surface area (Å²) in [6, 6.07) is 5.36. The van der Waals surface area contributed by atoms with Crippen molar-refractivity contribution in [2.75, 3.05) is 0 Å². The van der Waals surface area contributed by atoms with Crippen molar-refractivity contribution in [2.24, 2.45) is 0 Å². The molecule has 1 amide bonds. The lowest BCUT2D eigenvalue weighted by molar-refractivity contribution is -0.146. The molecule has 3 rings (SSSR count). The van der Waals surface area contributed by atoms with Crippen LogP contribution >= 0.6 is 11.3 Å². The van der Waals surface area contributed by atoms with E-state index in [1.165, 1.54) is 18.2 Å². The van der Waals surface area contributed by atoms with Crippen LogP contribution in [0.5, 0.6) is 0 Å². The van der Waals surface area contributed by atoms with Crippen LogP contribution in [0, 0.1) is 5.82 Å². The summed E-state index contributed by atoms with van der Waals surface area (Å²) in [6.07, 6.45) is -4.68. The van der Waals surface area contributed by atoms with Crippen LogP contribution in [0.2, 0.25) is 0 Å². The van der Waals surface area contributed by atoms with Gasteiger partial charge in [-0.25, -0.2) is 4.39 Å². The first kappa shape index (κ1) is 15.3. The van der Waals surface area contributed by atoms with Gasteiger partial charge in [0, 0.05) is 0 Å². The van der Waals surface area contributed by atoms with Gasteiger partial charge in [0.25, 0.3) is 11.7 Å². The predicted molar refractivity (Wildman–Crippen MR) is 71.2 cm³/mol. The van der Waals surface area contributed by atoms with Gasteiger partial charge < -0.3 is 5.32 Å². The predicted octanol–water partition coefficient (Wildman–Crippen LogP) is 2.27. The molecule has 6 nitrogen and oxygen atoms in total. The Morgan fingerprint density at radius 1 is 1.26 bits per heavy atom. The van der Waals surface area contributed by atoms with E-state index in [1.807, 2.05) is 0 Å². The van der Waals surface area contributed by atoms with Gasteiger partial charge in [0.15, 0.2) is 0 Å². The van der Waals surface area contributed by atoms with Gasteiger partial charge in [0.2, 0.25) is 4.96 Å². The van der Waals surface area contributed by atoms with Crippen LogP contribution in [-0.2, 0) is 12.7 Å². The van der Waals surface area contributed by atoms with E-state index in [0.29, 0.717) is 4.52 Å². The molecule has 11 heteroatoms. The van der Waals surface area contributed by atoms with E-state index < -0.39 is 23.7 Å². The van der Waals surface area contributed by atoms with E-state index >= 15 is 0 Å². The molecule has 0 aliphatic carbocycles. The number of carbonyl (C=O) groups excluding carboxylic acids is 1. The molecule has 0 saturated heterocycles. The normalized spacial score (nSPS) is 11.8. The molecule has 0 bridgehead atoms. The molecule has 0 atom stereocenters. The Labute approximate surface area is 129 Å². The summed E-state index contributed by atoms with van der Waals surface area (Å²) in [6.45, 7) is -0.154. The van der Waals surface area contributed by atoms with Gasteiger partial charge in [0.1, 0.15) is 10.8 Å². The van der Waals surface area contributed by atoms with E-state index in [-0.39, 0.29) is 22.1 Å². The van der Waals surface area contributed by atoms with Gasteiger partial charge in [0.05, 0.1) is 12.1 Å². The molecule has 0 fully saturated rings. The molecule has 0 spiro atoms. The fourth-order valence-corrected chi connectivity index (χ4v) is 2.57. The van der Waals surface area contributed by atoms with Crippen molar-refractivity contribution < 1.29 is 22.4 Å². The molecule has 120 valence electrons. The Morgan fingerprint density at radius 3 is 2.70 bits per heavy atom. The lowest BCUT2D eigenvalue weighted by Crippen LogP contribution is -2.24. The maximum absolute atomic E-state index is 13.4. The number of nitrogens with zero attached hydrogens (tertiary/aromatic N) is 4. The minimum atomic E-state index is -4.68. The van der Waals surface area contributed by atoms with E-state index in [2.05, 4.69) is 20.6 Å². The molecule has 0 radical (unpaired) electrons. The Bertz CT molecular complexity index is 872. The lowest BCUT2D eigenvalue weighted by Gasteiger charge is -2.03. The van der Waals surface area contributed by atoms with Crippen molar-refractivity contribution in [3.8, 4) is 0 Å². The van der Waals surface area contributed by atoms with Crippen LogP contribution in [0.15, 0.2) is 24.3 Å². The van der Waals surface area contributed by atoms with E-state index in [1.54, 1.807) is 0 Å². The second-order valence-corrected chi connectivity index (χ2v) is 5.41. The first-order valence-electron chi connectivity index (χ1n) is 6.17. The zero-order valence-electron chi connectivity index (χ0n) is 11.1. The molecule has 2 aromatic heterocycles. The highest BCUT2D eigenvalue weighted by Crippen LogP contribution is 2.28. The number of benzene rings is 1. The zero-order valence-corrected chi connectivity index (χ0v) is 12.0. The Hall–Kier alpha value is -2.56. The number of fused-ring (bicyclic) bond motifs is 1. The van der Waals surface area contributed by atoms with Crippen LogP contribution in [0.25, 0.3) is 4.96 Å². The molecule has 1 N–H and O–H groups in total. The molecule has 0 aliphatic heterocycles. The number of hydrogen-bond acceptors (Lipinski definition) is 5. The average Bonchev–Trinajstić information content (AvgIpc) is 3.03. The first-order chi connectivity index (χ1) is 10.9. The Kier molecular flexibility index (Phi) is 3.72. The minimum absolute atomic E-state index is 0.0486. The Morgan fingerprint density at radius 2 is 2.00 bits per heavy atom. The van der Waals surface area contributed by atoms with Gasteiger partial charge in [-0.15, -0.1) is 10.2 Å². The third-order valence-electron chi connectivity index (χ3n) is 2.80. The molecule has 1 aromatic carbocycles. The second kappa shape index (κ2) is 5.57. The van der Waals surface area contributed by atoms with Gasteiger partial charge in [-0.3, -0.25) is 4.79 Å². The number of aromatic nitrogens is 4. The fraction of sp³-hybridized carbons (Fsp3) is 0.167. The van der Waals surface area contributed by atoms with Crippen LogP contribution in [0.3, 0.4) is 0 Å². The number of nitrogens with one attached hydrogen (secondary N) is 1. The SMILES string of the molecule is O=C(NCc1nn2c(C(F)(F)F)nnc2s1)c1ccccc1F. The van der Waals surface area contributed by atoms with E-state index in [0.717, 1.165) is 17.4 Å². The summed E-state index contributed by atoms with van der Waals surface area (Å²) in [4.78, 5) is 11.8. The minimum Gasteiger partial charge on any atom is -0.345 e. The van der Waals surface area contributed by atoms with Gasteiger partial charge in [-0.1, -0.05) is 23.5 Å². The fourth-order valence-electron chi connectivity index (χ4n) is 1.80. The molecule has 3 aromatic rings. The molecule has 23 heavy (non-hydrogen) atoms. The molecule has 2 heterocycles. The highest BCUT2D eigenvalue weighted by Gasteiger charge is 2.38. The van der Waals surface area contributed by atoms with E-state index in [4.69, 9.17) is 0 Å². The maximum Gasteiger partial charge on any atom is 0.453 e. The largest absolute Gasteiger partial charge is 0.453 e. The second-order valence-electron chi connectivity index (χ2n) is 4.37. The summed E-state index contributed by atoms with van der Waals surface area (Å²) < 4.78 is 52.0. The van der Waals surface area contributed by atoms with Gasteiger partial charge >= 0.3 is 6.18 Å². The van der Waals surface area contributed by atoms with Crippen molar-refractivity contribution in [1.82, 2.24) is 25.1 Å². The summed E-state index contributed by atoms with van der Waals surface area (Å²) in [7, 11) is 0. The first-order valence-corrected chi connectivity index (χ1v) is 6.99. The summed E-state index contributed by atoms with van der Waals surface area (Å²) in [5.74, 6) is -2.62. The molecular formula is C12H7F4N5OS. The van der Waals surface area contributed by atoms with Crippen molar-refractivity contribution in [3.63, 3.8) is 0 Å². The molecule has 0 unspecified atom stereocenters. The number of rotatable bonds is 3. The zero-order chi connectivity index (χ0) is 16.6. The van der Waals surface area contributed by atoms with Gasteiger partial charge in [-0.05, 0) is 12.1 Å². The van der Waals surface area contributed by atoms with Crippen LogP contribution < -0.4 is 5.32 Å². The summed E-state index contributed by atoms with van der Waals surface area (Å²) >= 11 is 0.845. The lowest BCUT2D eigenvalue weighted by atomic mass is 10.2. The summed E-state index contributed by atoms with van der Waals surface area (Å²) in [5, 5.41) is 12.7. The Balaban J connectivity index is 1.76. The quantitative estimate of drug-likeness (QED) is 0.739.